The lowest BCUT2D eigenvalue weighted by Gasteiger charge is -2.15. The molecule has 0 aliphatic heterocycles. The molecule has 3 N–H and O–H groups in total. The van der Waals surface area contributed by atoms with Gasteiger partial charge in [-0.15, -0.1) is 0 Å². The summed E-state index contributed by atoms with van der Waals surface area (Å²) in [6.45, 7) is 4.83. The molecular formula is C13H21N3OS. The van der Waals surface area contributed by atoms with Crippen LogP contribution < -0.4 is 11.1 Å². The molecule has 1 heterocycles. The number of anilines is 1. The predicted molar refractivity (Wildman–Crippen MR) is 77.0 cm³/mol. The van der Waals surface area contributed by atoms with Crippen molar-refractivity contribution in [1.29, 1.82) is 0 Å². The van der Waals surface area contributed by atoms with E-state index in [1.54, 1.807) is 6.07 Å². The average molecular weight is 267 g/mol. The topological polar surface area (TPSA) is 60.1 Å². The van der Waals surface area contributed by atoms with Crippen molar-refractivity contribution < 1.29 is 4.79 Å². The number of carbonyl (C=O) groups excluding carboxylic acids is 1. The molecule has 18 heavy (non-hydrogen) atoms. The number of nitrogens with zero attached hydrogens (tertiary/aromatic N) is 1. The zero-order chi connectivity index (χ0) is 13.3. The predicted octanol–water partition coefficient (Wildman–Crippen LogP) is 2.28. The first-order valence-corrected chi connectivity index (χ1v) is 7.50. The number of nitrogens with one attached hydrogen (secondary N) is 1. The lowest BCUT2D eigenvalue weighted by Crippen LogP contribution is -2.33. The molecule has 0 aromatic carbocycles. The van der Waals surface area contributed by atoms with Crippen molar-refractivity contribution in [1.82, 2.24) is 9.88 Å². The molecule has 1 amide bonds. The quantitative estimate of drug-likeness (QED) is 0.860. The van der Waals surface area contributed by atoms with Gasteiger partial charge in [0.15, 0.2) is 0 Å². The Morgan fingerprint density at radius 3 is 2.78 bits per heavy atom. The first-order valence-electron chi connectivity index (χ1n) is 6.28. The Bertz CT molecular complexity index is 449. The first-order chi connectivity index (χ1) is 8.47. The van der Waals surface area contributed by atoms with E-state index in [1.807, 2.05) is 36.4 Å². The normalized spacial score (nSPS) is 16.9. The molecule has 0 spiro atoms. The van der Waals surface area contributed by atoms with Crippen molar-refractivity contribution in [3.63, 3.8) is 0 Å². The smallest absolute Gasteiger partial charge is 0.268 e. The minimum Gasteiger partial charge on any atom is -0.397 e. The van der Waals surface area contributed by atoms with Gasteiger partial charge in [-0.1, -0.05) is 0 Å². The van der Waals surface area contributed by atoms with E-state index in [0.29, 0.717) is 11.4 Å². The van der Waals surface area contributed by atoms with E-state index < -0.39 is 0 Å². The Balaban J connectivity index is 2.04. The van der Waals surface area contributed by atoms with E-state index in [0.717, 1.165) is 6.54 Å². The molecule has 5 heteroatoms. The van der Waals surface area contributed by atoms with E-state index in [4.69, 9.17) is 5.73 Å². The van der Waals surface area contributed by atoms with Crippen LogP contribution in [0.5, 0.6) is 0 Å². The maximum Gasteiger partial charge on any atom is 0.268 e. The van der Waals surface area contributed by atoms with Crippen LogP contribution in [0.2, 0.25) is 0 Å². The van der Waals surface area contributed by atoms with E-state index in [1.165, 1.54) is 12.8 Å². The highest BCUT2D eigenvalue weighted by molar-refractivity contribution is 8.00. The second-order valence-corrected chi connectivity index (χ2v) is 6.50. The lowest BCUT2D eigenvalue weighted by molar-refractivity contribution is 0.0942. The number of hydrogen-bond donors (Lipinski definition) is 2. The molecule has 0 radical (unpaired) electrons. The number of amides is 1. The third kappa shape index (κ3) is 2.66. The minimum absolute atomic E-state index is 0.0271. The Morgan fingerprint density at radius 2 is 2.28 bits per heavy atom. The van der Waals surface area contributed by atoms with Crippen molar-refractivity contribution in [2.75, 3.05) is 18.5 Å². The Morgan fingerprint density at radius 1 is 1.61 bits per heavy atom. The minimum atomic E-state index is -0.0271. The molecule has 0 saturated heterocycles. The highest BCUT2D eigenvalue weighted by Gasteiger charge is 2.42. The SMILES string of the molecule is CSC1(CNC(=O)c2cc(N)cn2C(C)C)CC1. The molecule has 0 unspecified atom stereocenters. The molecule has 1 aliphatic carbocycles. The summed E-state index contributed by atoms with van der Waals surface area (Å²) in [5.74, 6) is -0.0271. The molecule has 1 aliphatic rings. The zero-order valence-corrected chi connectivity index (χ0v) is 12.0. The molecule has 1 aromatic rings. The fraction of sp³-hybridized carbons (Fsp3) is 0.615. The molecule has 1 saturated carbocycles. The number of carbonyl (C=O) groups is 1. The van der Waals surface area contributed by atoms with Gasteiger partial charge in [-0.05, 0) is 39.0 Å². The summed E-state index contributed by atoms with van der Waals surface area (Å²) < 4.78 is 2.21. The van der Waals surface area contributed by atoms with Crippen molar-refractivity contribution >= 4 is 23.4 Å². The Labute approximate surface area is 112 Å². The number of rotatable bonds is 5. The van der Waals surface area contributed by atoms with E-state index in [9.17, 15) is 4.79 Å². The molecule has 0 atom stereocenters. The third-order valence-electron chi connectivity index (χ3n) is 3.47. The molecule has 2 rings (SSSR count). The van der Waals surface area contributed by atoms with Gasteiger partial charge in [0, 0.05) is 23.5 Å². The molecule has 1 fully saturated rings. The lowest BCUT2D eigenvalue weighted by atomic mass is 10.3. The van der Waals surface area contributed by atoms with Gasteiger partial charge in [0.2, 0.25) is 0 Å². The molecule has 1 aromatic heterocycles. The number of hydrogen-bond acceptors (Lipinski definition) is 3. The zero-order valence-electron chi connectivity index (χ0n) is 11.2. The number of nitrogens with two attached hydrogens (primary N) is 1. The highest BCUT2D eigenvalue weighted by atomic mass is 32.2. The molecule has 4 nitrogen and oxygen atoms in total. The van der Waals surface area contributed by atoms with E-state index in [-0.39, 0.29) is 16.7 Å². The van der Waals surface area contributed by atoms with Crippen LogP contribution in [-0.2, 0) is 0 Å². The summed E-state index contributed by atoms with van der Waals surface area (Å²) in [4.78, 5) is 12.2. The maximum atomic E-state index is 12.2. The van der Waals surface area contributed by atoms with Crippen molar-refractivity contribution in [3.05, 3.63) is 18.0 Å². The highest BCUT2D eigenvalue weighted by Crippen LogP contribution is 2.46. The number of aromatic nitrogens is 1. The average Bonchev–Trinajstić information content (AvgIpc) is 3.01. The maximum absolute atomic E-state index is 12.2. The van der Waals surface area contributed by atoms with Crippen molar-refractivity contribution in [2.45, 2.75) is 37.5 Å². The number of nitrogen functional groups attached to an aromatic ring is 1. The molecular weight excluding hydrogens is 246 g/mol. The van der Waals surface area contributed by atoms with Gasteiger partial charge in [0.1, 0.15) is 5.69 Å². The van der Waals surface area contributed by atoms with Crippen LogP contribution in [0, 0.1) is 0 Å². The van der Waals surface area contributed by atoms with Gasteiger partial charge >= 0.3 is 0 Å². The first kappa shape index (κ1) is 13.3. The van der Waals surface area contributed by atoms with Gasteiger partial charge < -0.3 is 15.6 Å². The Kier molecular flexibility index (Phi) is 3.61. The molecule has 100 valence electrons. The van der Waals surface area contributed by atoms with Crippen LogP contribution in [0.1, 0.15) is 43.2 Å². The van der Waals surface area contributed by atoms with Crippen molar-refractivity contribution in [2.24, 2.45) is 0 Å². The Hall–Kier alpha value is -1.10. The van der Waals surface area contributed by atoms with Crippen LogP contribution in [0.25, 0.3) is 0 Å². The monoisotopic (exact) mass is 267 g/mol. The molecule has 0 bridgehead atoms. The summed E-state index contributed by atoms with van der Waals surface area (Å²) in [6.07, 6.45) is 6.32. The second kappa shape index (κ2) is 4.88. The summed E-state index contributed by atoms with van der Waals surface area (Å²) >= 11 is 1.84. The second-order valence-electron chi connectivity index (χ2n) is 5.23. The van der Waals surface area contributed by atoms with Crippen LogP contribution in [-0.4, -0.2) is 28.0 Å². The van der Waals surface area contributed by atoms with E-state index >= 15 is 0 Å². The van der Waals surface area contributed by atoms with Crippen LogP contribution in [0.4, 0.5) is 5.69 Å². The van der Waals surface area contributed by atoms with Gasteiger partial charge in [-0.2, -0.15) is 11.8 Å². The standard InChI is InChI=1S/C13H21N3OS/c1-9(2)16-7-10(14)6-11(16)12(17)15-8-13(18-3)4-5-13/h6-7,9H,4-5,8,14H2,1-3H3,(H,15,17). The van der Waals surface area contributed by atoms with Gasteiger partial charge in [0.05, 0.1) is 5.69 Å². The van der Waals surface area contributed by atoms with Crippen LogP contribution >= 0.6 is 11.8 Å². The van der Waals surface area contributed by atoms with Crippen LogP contribution in [0.15, 0.2) is 12.3 Å². The fourth-order valence-corrected chi connectivity index (χ4v) is 2.76. The fourth-order valence-electron chi connectivity index (χ4n) is 2.03. The van der Waals surface area contributed by atoms with Gasteiger partial charge in [-0.25, -0.2) is 0 Å². The largest absolute Gasteiger partial charge is 0.397 e. The summed E-state index contributed by atoms with van der Waals surface area (Å²) in [5.41, 5.74) is 7.06. The van der Waals surface area contributed by atoms with Gasteiger partial charge in [0.25, 0.3) is 5.91 Å². The van der Waals surface area contributed by atoms with Crippen LogP contribution in [0.3, 0.4) is 0 Å². The van der Waals surface area contributed by atoms with Crippen molar-refractivity contribution in [3.8, 4) is 0 Å². The number of thioether (sulfide) groups is 1. The summed E-state index contributed by atoms with van der Waals surface area (Å²) in [6, 6.07) is 1.98. The van der Waals surface area contributed by atoms with E-state index in [2.05, 4.69) is 11.6 Å². The summed E-state index contributed by atoms with van der Waals surface area (Å²) in [7, 11) is 0. The van der Waals surface area contributed by atoms with Gasteiger partial charge in [-0.3, -0.25) is 4.79 Å². The third-order valence-corrected chi connectivity index (χ3v) is 4.89. The summed E-state index contributed by atoms with van der Waals surface area (Å²) in [5, 5.41) is 3.03.